The number of hydrogen-bond acceptors (Lipinski definition) is 2. The maximum atomic E-state index is 10.3. The van der Waals surface area contributed by atoms with E-state index in [0.29, 0.717) is 17.7 Å². The van der Waals surface area contributed by atoms with Crippen molar-refractivity contribution in [2.45, 2.75) is 57.9 Å². The van der Waals surface area contributed by atoms with Gasteiger partial charge in [0.25, 0.3) is 0 Å². The van der Waals surface area contributed by atoms with Crippen molar-refractivity contribution in [2.75, 3.05) is 13.1 Å². The third-order valence-corrected chi connectivity index (χ3v) is 5.02. The second-order valence-corrected chi connectivity index (χ2v) is 6.19. The van der Waals surface area contributed by atoms with E-state index in [-0.39, 0.29) is 0 Å². The Labute approximate surface area is 116 Å². The zero-order valence-electron chi connectivity index (χ0n) is 12.2. The van der Waals surface area contributed by atoms with Crippen molar-refractivity contribution in [2.24, 2.45) is 0 Å². The molecular formula is C17H25NO. The van der Waals surface area contributed by atoms with Crippen molar-refractivity contribution in [1.82, 2.24) is 4.90 Å². The highest BCUT2D eigenvalue weighted by Crippen LogP contribution is 2.43. The van der Waals surface area contributed by atoms with Crippen LogP contribution in [0.15, 0.2) is 12.1 Å². The first-order valence-electron chi connectivity index (χ1n) is 7.77. The van der Waals surface area contributed by atoms with E-state index in [2.05, 4.69) is 24.0 Å². The van der Waals surface area contributed by atoms with E-state index in [1.54, 1.807) is 0 Å². The third-order valence-electron chi connectivity index (χ3n) is 5.02. The molecule has 104 valence electrons. The van der Waals surface area contributed by atoms with E-state index >= 15 is 0 Å². The lowest BCUT2D eigenvalue weighted by Gasteiger charge is -2.45. The Kier molecular flexibility index (Phi) is 3.53. The van der Waals surface area contributed by atoms with Crippen molar-refractivity contribution in [3.05, 3.63) is 28.8 Å². The molecule has 1 aliphatic heterocycles. The summed E-state index contributed by atoms with van der Waals surface area (Å²) >= 11 is 0. The summed E-state index contributed by atoms with van der Waals surface area (Å²) in [6, 6.07) is 5.08. The molecule has 0 saturated carbocycles. The van der Waals surface area contributed by atoms with Crippen LogP contribution in [0.5, 0.6) is 5.75 Å². The van der Waals surface area contributed by atoms with Crippen LogP contribution >= 0.6 is 0 Å². The molecule has 1 saturated heterocycles. The largest absolute Gasteiger partial charge is 0.507 e. The van der Waals surface area contributed by atoms with Gasteiger partial charge in [-0.05, 0) is 74.7 Å². The van der Waals surface area contributed by atoms with Gasteiger partial charge in [-0.25, -0.2) is 0 Å². The maximum absolute atomic E-state index is 10.3. The van der Waals surface area contributed by atoms with Gasteiger partial charge >= 0.3 is 0 Å². The molecular weight excluding hydrogens is 234 g/mol. The van der Waals surface area contributed by atoms with Gasteiger partial charge < -0.3 is 5.11 Å². The minimum absolute atomic E-state index is 0.559. The van der Waals surface area contributed by atoms with Crippen molar-refractivity contribution >= 4 is 0 Å². The smallest absolute Gasteiger partial charge is 0.121 e. The van der Waals surface area contributed by atoms with Crippen LogP contribution in [-0.4, -0.2) is 29.1 Å². The first-order chi connectivity index (χ1) is 9.22. The lowest BCUT2D eigenvalue weighted by molar-refractivity contribution is 0.112. The summed E-state index contributed by atoms with van der Waals surface area (Å²) in [5.41, 5.74) is 3.69. The fourth-order valence-corrected chi connectivity index (χ4v) is 4.11. The van der Waals surface area contributed by atoms with Gasteiger partial charge in [0.05, 0.1) is 0 Å². The second-order valence-electron chi connectivity index (χ2n) is 6.19. The Bertz CT molecular complexity index is 467. The van der Waals surface area contributed by atoms with Gasteiger partial charge in [0.2, 0.25) is 0 Å². The van der Waals surface area contributed by atoms with E-state index in [1.165, 1.54) is 49.9 Å². The summed E-state index contributed by atoms with van der Waals surface area (Å²) in [6.07, 6.45) is 6.10. The average Bonchev–Trinajstić information content (AvgIpc) is 2.43. The van der Waals surface area contributed by atoms with Crippen molar-refractivity contribution in [3.63, 3.8) is 0 Å². The quantitative estimate of drug-likeness (QED) is 0.877. The molecule has 0 spiro atoms. The molecule has 0 aromatic heterocycles. The molecule has 0 radical (unpaired) electrons. The summed E-state index contributed by atoms with van der Waals surface area (Å²) in [4.78, 5) is 2.69. The molecule has 1 aromatic carbocycles. The van der Waals surface area contributed by atoms with Crippen LogP contribution in [0.4, 0.5) is 0 Å². The van der Waals surface area contributed by atoms with Gasteiger partial charge in [-0.15, -0.1) is 0 Å². The highest BCUT2D eigenvalue weighted by atomic mass is 16.3. The van der Waals surface area contributed by atoms with E-state index in [0.717, 1.165) is 12.0 Å². The normalized spacial score (nSPS) is 26.8. The summed E-state index contributed by atoms with van der Waals surface area (Å²) < 4.78 is 0. The average molecular weight is 259 g/mol. The fraction of sp³-hybridized carbons (Fsp3) is 0.647. The van der Waals surface area contributed by atoms with Crippen LogP contribution in [0.25, 0.3) is 0 Å². The lowest BCUT2D eigenvalue weighted by atomic mass is 9.73. The molecule has 2 nitrogen and oxygen atoms in total. The SMILES string of the molecule is CCCN1CCC[C@H]2c3ccc(C)c(O)c3CC[C@@H]21. The molecule has 1 aliphatic carbocycles. The number of phenolic OH excluding ortho intramolecular Hbond substituents is 1. The monoisotopic (exact) mass is 259 g/mol. The fourth-order valence-electron chi connectivity index (χ4n) is 4.11. The number of benzene rings is 1. The highest BCUT2D eigenvalue weighted by molar-refractivity contribution is 5.48. The summed E-state index contributed by atoms with van der Waals surface area (Å²) in [5.74, 6) is 1.21. The van der Waals surface area contributed by atoms with Crippen LogP contribution < -0.4 is 0 Å². The molecule has 2 atom stereocenters. The Hall–Kier alpha value is -1.02. The second kappa shape index (κ2) is 5.16. The first kappa shape index (κ1) is 13.0. The molecule has 1 fully saturated rings. The molecule has 1 N–H and O–H groups in total. The number of rotatable bonds is 2. The molecule has 1 heterocycles. The van der Waals surface area contributed by atoms with Gasteiger partial charge in [0.1, 0.15) is 5.75 Å². The number of aromatic hydroxyl groups is 1. The number of likely N-dealkylation sites (tertiary alicyclic amines) is 1. The minimum atomic E-state index is 0.559. The molecule has 0 bridgehead atoms. The van der Waals surface area contributed by atoms with E-state index < -0.39 is 0 Å². The van der Waals surface area contributed by atoms with Crippen LogP contribution in [0, 0.1) is 6.92 Å². The molecule has 0 unspecified atom stereocenters. The zero-order chi connectivity index (χ0) is 13.4. The van der Waals surface area contributed by atoms with Crippen molar-refractivity contribution in [3.8, 4) is 5.75 Å². The van der Waals surface area contributed by atoms with Gasteiger partial charge in [-0.2, -0.15) is 0 Å². The highest BCUT2D eigenvalue weighted by Gasteiger charge is 2.36. The number of nitrogens with zero attached hydrogens (tertiary/aromatic N) is 1. The Morgan fingerprint density at radius 1 is 1.32 bits per heavy atom. The Morgan fingerprint density at radius 2 is 2.16 bits per heavy atom. The standard InChI is InChI=1S/C17H25NO/c1-3-10-18-11-4-5-14-13-7-6-12(2)17(19)15(13)8-9-16(14)18/h6-7,14,16,19H,3-5,8-11H2,1-2H3/t14-,16-/m0/s1. The number of fused-ring (bicyclic) bond motifs is 3. The van der Waals surface area contributed by atoms with Crippen LogP contribution in [0.1, 0.15) is 55.2 Å². The van der Waals surface area contributed by atoms with E-state index in [9.17, 15) is 5.11 Å². The van der Waals surface area contributed by atoms with Gasteiger partial charge in [0, 0.05) is 6.04 Å². The van der Waals surface area contributed by atoms with E-state index in [4.69, 9.17) is 0 Å². The van der Waals surface area contributed by atoms with Gasteiger partial charge in [-0.3, -0.25) is 4.90 Å². The van der Waals surface area contributed by atoms with Crippen LogP contribution in [0.2, 0.25) is 0 Å². The predicted octanol–water partition coefficient (Wildman–Crippen LogP) is 3.60. The number of piperidine rings is 1. The third kappa shape index (κ3) is 2.16. The van der Waals surface area contributed by atoms with E-state index in [1.807, 2.05) is 6.92 Å². The topological polar surface area (TPSA) is 23.5 Å². The zero-order valence-corrected chi connectivity index (χ0v) is 12.2. The minimum Gasteiger partial charge on any atom is -0.507 e. The Balaban J connectivity index is 1.94. The summed E-state index contributed by atoms with van der Waals surface area (Å²) in [7, 11) is 0. The number of hydrogen-bond donors (Lipinski definition) is 1. The lowest BCUT2D eigenvalue weighted by Crippen LogP contribution is -2.46. The first-order valence-corrected chi connectivity index (χ1v) is 7.77. The summed E-state index contributed by atoms with van der Waals surface area (Å²) in [5, 5.41) is 10.3. The molecule has 2 heteroatoms. The molecule has 2 aliphatic rings. The van der Waals surface area contributed by atoms with Gasteiger partial charge in [0.15, 0.2) is 0 Å². The predicted molar refractivity (Wildman–Crippen MR) is 78.8 cm³/mol. The number of aryl methyl sites for hydroxylation is 1. The molecule has 3 rings (SSSR count). The number of phenols is 1. The van der Waals surface area contributed by atoms with Crippen molar-refractivity contribution < 1.29 is 5.11 Å². The molecule has 0 amide bonds. The molecule has 19 heavy (non-hydrogen) atoms. The van der Waals surface area contributed by atoms with Gasteiger partial charge in [-0.1, -0.05) is 19.1 Å². The summed E-state index contributed by atoms with van der Waals surface area (Å²) in [6.45, 7) is 6.78. The molecule has 1 aromatic rings. The van der Waals surface area contributed by atoms with Crippen LogP contribution in [-0.2, 0) is 6.42 Å². The van der Waals surface area contributed by atoms with Crippen molar-refractivity contribution in [1.29, 1.82) is 0 Å². The van der Waals surface area contributed by atoms with Crippen LogP contribution in [0.3, 0.4) is 0 Å². The maximum Gasteiger partial charge on any atom is 0.121 e. The Morgan fingerprint density at radius 3 is 2.95 bits per heavy atom.